The first-order chi connectivity index (χ1) is 11.5. The molecule has 3 unspecified atom stereocenters. The summed E-state index contributed by atoms with van der Waals surface area (Å²) in [5, 5.41) is 23.3. The van der Waals surface area contributed by atoms with E-state index in [2.05, 4.69) is 17.5 Å². The summed E-state index contributed by atoms with van der Waals surface area (Å²) in [7, 11) is 0. The number of ketones is 1. The van der Waals surface area contributed by atoms with Crippen LogP contribution in [0.5, 0.6) is 11.5 Å². The van der Waals surface area contributed by atoms with Crippen LogP contribution in [0.25, 0.3) is 0 Å². The van der Waals surface area contributed by atoms with Gasteiger partial charge in [0.2, 0.25) is 0 Å². The molecule has 3 atom stereocenters. The summed E-state index contributed by atoms with van der Waals surface area (Å²) < 4.78 is 0. The first-order valence-electron chi connectivity index (χ1n) is 8.14. The smallest absolute Gasteiger partial charge is 0.159 e. The van der Waals surface area contributed by atoms with Crippen LogP contribution in [0.3, 0.4) is 0 Å². The quantitative estimate of drug-likeness (QED) is 0.575. The number of hydrogen-bond donors (Lipinski definition) is 3. The lowest BCUT2D eigenvalue weighted by molar-refractivity contribution is 0.101. The number of aromatic hydroxyl groups is 2. The molecule has 0 bridgehead atoms. The maximum absolute atomic E-state index is 11.7. The van der Waals surface area contributed by atoms with Crippen molar-refractivity contribution in [2.45, 2.75) is 25.3 Å². The number of phenols is 2. The first-order valence-corrected chi connectivity index (χ1v) is 8.14. The lowest BCUT2D eigenvalue weighted by atomic mass is 9.76. The fourth-order valence-corrected chi connectivity index (χ4v) is 3.92. The monoisotopic (exact) mass is 321 g/mol. The first kappa shape index (κ1) is 14.8. The molecule has 24 heavy (non-hydrogen) atoms. The average molecular weight is 321 g/mol. The molecule has 1 aliphatic heterocycles. The van der Waals surface area contributed by atoms with Gasteiger partial charge in [-0.1, -0.05) is 12.2 Å². The molecule has 2 aromatic carbocycles. The van der Waals surface area contributed by atoms with Crippen LogP contribution < -0.4 is 5.32 Å². The van der Waals surface area contributed by atoms with Crippen LogP contribution in [0.15, 0.2) is 48.6 Å². The lowest BCUT2D eigenvalue weighted by Crippen LogP contribution is -2.29. The van der Waals surface area contributed by atoms with E-state index in [0.717, 1.165) is 28.8 Å². The van der Waals surface area contributed by atoms with Gasteiger partial charge in [0, 0.05) is 28.8 Å². The Kier molecular flexibility index (Phi) is 3.34. The molecular formula is C20H19NO3. The van der Waals surface area contributed by atoms with Crippen LogP contribution in [-0.4, -0.2) is 16.0 Å². The third-order valence-corrected chi connectivity index (χ3v) is 5.12. The Morgan fingerprint density at radius 3 is 2.71 bits per heavy atom. The van der Waals surface area contributed by atoms with Gasteiger partial charge in [0.25, 0.3) is 0 Å². The van der Waals surface area contributed by atoms with Gasteiger partial charge in [0.15, 0.2) is 5.78 Å². The molecule has 0 saturated carbocycles. The predicted molar refractivity (Wildman–Crippen MR) is 92.6 cm³/mol. The Bertz CT molecular complexity index is 856. The van der Waals surface area contributed by atoms with E-state index in [1.54, 1.807) is 19.1 Å². The number of carbonyl (C=O) groups excluding carboxylic acids is 1. The standard InChI is InChI=1S/C20H19NO3/c1-11(22)12-5-8-18-17(9-12)14-3-2-4-15(14)20(21-18)16-7-6-13(23)10-19(16)24/h2-3,5-10,14-15,20-21,23-24H,4H2,1H3. The number of hydrogen-bond acceptors (Lipinski definition) is 4. The Morgan fingerprint density at radius 1 is 1.12 bits per heavy atom. The van der Waals surface area contributed by atoms with Crippen molar-refractivity contribution >= 4 is 11.5 Å². The molecule has 0 saturated heterocycles. The number of fused-ring (bicyclic) bond motifs is 3. The SMILES string of the molecule is CC(=O)c1ccc2c(c1)C1C=CCC1C(c1ccc(O)cc1O)N2. The number of benzene rings is 2. The van der Waals surface area contributed by atoms with Gasteiger partial charge in [-0.2, -0.15) is 0 Å². The summed E-state index contributed by atoms with van der Waals surface area (Å²) in [6, 6.07) is 10.5. The van der Waals surface area contributed by atoms with Crippen molar-refractivity contribution < 1.29 is 15.0 Å². The third-order valence-electron chi connectivity index (χ3n) is 5.12. The number of carbonyl (C=O) groups is 1. The van der Waals surface area contributed by atoms with Crippen LogP contribution >= 0.6 is 0 Å². The highest BCUT2D eigenvalue weighted by atomic mass is 16.3. The summed E-state index contributed by atoms with van der Waals surface area (Å²) in [6.07, 6.45) is 5.27. The van der Waals surface area contributed by atoms with Crippen molar-refractivity contribution in [2.24, 2.45) is 5.92 Å². The van der Waals surface area contributed by atoms with E-state index in [0.29, 0.717) is 0 Å². The summed E-state index contributed by atoms with van der Waals surface area (Å²) >= 11 is 0. The molecule has 0 spiro atoms. The lowest BCUT2D eigenvalue weighted by Gasteiger charge is -2.38. The molecule has 0 fully saturated rings. The number of allylic oxidation sites excluding steroid dienone is 2. The minimum Gasteiger partial charge on any atom is -0.508 e. The Labute approximate surface area is 140 Å². The molecule has 2 aromatic rings. The second-order valence-electron chi connectivity index (χ2n) is 6.58. The van der Waals surface area contributed by atoms with E-state index in [4.69, 9.17) is 0 Å². The highest BCUT2D eigenvalue weighted by Crippen LogP contribution is 2.51. The van der Waals surface area contributed by atoms with Gasteiger partial charge in [0.05, 0.1) is 6.04 Å². The molecule has 2 aliphatic rings. The molecule has 0 radical (unpaired) electrons. The summed E-state index contributed by atoms with van der Waals surface area (Å²) in [6.45, 7) is 1.58. The van der Waals surface area contributed by atoms with Crippen molar-refractivity contribution in [3.63, 3.8) is 0 Å². The minimum atomic E-state index is -0.0405. The van der Waals surface area contributed by atoms with Gasteiger partial charge in [-0.05, 0) is 55.2 Å². The van der Waals surface area contributed by atoms with E-state index >= 15 is 0 Å². The number of Topliss-reactive ketones (excluding diaryl/α,β-unsaturated/α-hetero) is 1. The second kappa shape index (κ2) is 5.41. The summed E-state index contributed by atoms with van der Waals surface area (Å²) in [5.41, 5.74) is 3.63. The van der Waals surface area contributed by atoms with Gasteiger partial charge >= 0.3 is 0 Å². The Balaban J connectivity index is 1.79. The molecule has 0 aromatic heterocycles. The average Bonchev–Trinajstić information content (AvgIpc) is 3.04. The van der Waals surface area contributed by atoms with Crippen LogP contribution in [0.4, 0.5) is 5.69 Å². The van der Waals surface area contributed by atoms with E-state index < -0.39 is 0 Å². The molecule has 1 aliphatic carbocycles. The summed E-state index contributed by atoms with van der Waals surface area (Å²) in [5.74, 6) is 0.713. The van der Waals surface area contributed by atoms with Crippen molar-refractivity contribution in [1.82, 2.24) is 0 Å². The molecule has 4 rings (SSSR count). The zero-order chi connectivity index (χ0) is 16.8. The van der Waals surface area contributed by atoms with Crippen LogP contribution in [0, 0.1) is 5.92 Å². The Hall–Kier alpha value is -2.75. The van der Waals surface area contributed by atoms with Crippen molar-refractivity contribution in [2.75, 3.05) is 5.32 Å². The Morgan fingerprint density at radius 2 is 1.96 bits per heavy atom. The number of rotatable bonds is 2. The highest BCUT2D eigenvalue weighted by Gasteiger charge is 2.39. The number of anilines is 1. The second-order valence-corrected chi connectivity index (χ2v) is 6.58. The van der Waals surface area contributed by atoms with Crippen molar-refractivity contribution in [3.05, 3.63) is 65.2 Å². The van der Waals surface area contributed by atoms with Gasteiger partial charge < -0.3 is 15.5 Å². The molecule has 3 N–H and O–H groups in total. The van der Waals surface area contributed by atoms with Crippen LogP contribution in [0.1, 0.15) is 46.8 Å². The summed E-state index contributed by atoms with van der Waals surface area (Å²) in [4.78, 5) is 11.7. The van der Waals surface area contributed by atoms with Gasteiger partial charge in [-0.15, -0.1) is 0 Å². The van der Waals surface area contributed by atoms with Gasteiger partial charge in [-0.3, -0.25) is 4.79 Å². The van der Waals surface area contributed by atoms with E-state index in [1.807, 2.05) is 18.2 Å². The maximum Gasteiger partial charge on any atom is 0.159 e. The molecular weight excluding hydrogens is 302 g/mol. The van der Waals surface area contributed by atoms with E-state index in [9.17, 15) is 15.0 Å². The number of phenolic OH excluding ortho intramolecular Hbond substituents is 2. The topological polar surface area (TPSA) is 69.6 Å². The number of nitrogens with one attached hydrogen (secondary N) is 1. The fourth-order valence-electron chi connectivity index (χ4n) is 3.92. The zero-order valence-corrected chi connectivity index (χ0v) is 13.4. The predicted octanol–water partition coefficient (Wildman–Crippen LogP) is 4.13. The molecule has 1 heterocycles. The van der Waals surface area contributed by atoms with Crippen molar-refractivity contribution in [3.8, 4) is 11.5 Å². The van der Waals surface area contributed by atoms with E-state index in [-0.39, 0.29) is 35.2 Å². The third kappa shape index (κ3) is 2.26. The maximum atomic E-state index is 11.7. The molecule has 122 valence electrons. The van der Waals surface area contributed by atoms with E-state index in [1.165, 1.54) is 6.07 Å². The highest BCUT2D eigenvalue weighted by molar-refractivity contribution is 5.95. The fraction of sp³-hybridized carbons (Fsp3) is 0.250. The van der Waals surface area contributed by atoms with Crippen LogP contribution in [0.2, 0.25) is 0 Å². The van der Waals surface area contributed by atoms with Gasteiger partial charge in [0.1, 0.15) is 11.5 Å². The molecule has 0 amide bonds. The van der Waals surface area contributed by atoms with Crippen LogP contribution in [-0.2, 0) is 0 Å². The minimum absolute atomic E-state index is 0.0405. The zero-order valence-electron chi connectivity index (χ0n) is 13.4. The normalized spacial score (nSPS) is 24.1. The molecule has 4 heteroatoms. The van der Waals surface area contributed by atoms with Gasteiger partial charge in [-0.25, -0.2) is 0 Å². The van der Waals surface area contributed by atoms with Crippen molar-refractivity contribution in [1.29, 1.82) is 0 Å². The largest absolute Gasteiger partial charge is 0.508 e. The molecule has 4 nitrogen and oxygen atoms in total.